The fourth-order valence-corrected chi connectivity index (χ4v) is 2.95. The number of pyridine rings is 1. The molecule has 8 nitrogen and oxygen atoms in total. The number of ether oxygens (including phenoxy) is 2. The molecule has 2 N–H and O–H groups in total. The number of hydrogen-bond acceptors (Lipinski definition) is 6. The summed E-state index contributed by atoms with van der Waals surface area (Å²) in [5, 5.41) is 3.52. The maximum Gasteiger partial charge on any atom is 0.355 e. The fraction of sp³-hybridized carbons (Fsp3) is 0.182. The van der Waals surface area contributed by atoms with Gasteiger partial charge in [-0.05, 0) is 23.1 Å². The molecule has 1 aromatic heterocycles. The number of aromatic amines is 1. The molecular weight excluding hydrogens is 388 g/mol. The van der Waals surface area contributed by atoms with Gasteiger partial charge in [0, 0.05) is 11.8 Å². The molecule has 3 rings (SSSR count). The third-order valence-electron chi connectivity index (χ3n) is 4.41. The second-order valence-electron chi connectivity index (χ2n) is 6.51. The number of esters is 2. The van der Waals surface area contributed by atoms with Crippen molar-refractivity contribution >= 4 is 28.6 Å². The molecule has 0 saturated carbocycles. The van der Waals surface area contributed by atoms with Crippen molar-refractivity contribution in [3.8, 4) is 0 Å². The van der Waals surface area contributed by atoms with Crippen molar-refractivity contribution in [2.24, 2.45) is 0 Å². The Morgan fingerprint density at radius 3 is 2.47 bits per heavy atom. The number of hydrogen-bond donors (Lipinski definition) is 2. The van der Waals surface area contributed by atoms with Crippen LogP contribution in [0.3, 0.4) is 0 Å². The molecule has 1 amide bonds. The Labute approximate surface area is 171 Å². The molecular formula is C22H20N2O6. The van der Waals surface area contributed by atoms with Crippen LogP contribution in [-0.2, 0) is 25.5 Å². The summed E-state index contributed by atoms with van der Waals surface area (Å²) < 4.78 is 9.72. The largest absolute Gasteiger partial charge is 0.467 e. The van der Waals surface area contributed by atoms with E-state index in [-0.39, 0.29) is 12.1 Å². The summed E-state index contributed by atoms with van der Waals surface area (Å²) in [6, 6.07) is 16.4. The zero-order valence-corrected chi connectivity index (χ0v) is 16.2. The van der Waals surface area contributed by atoms with E-state index in [4.69, 9.17) is 9.47 Å². The second-order valence-corrected chi connectivity index (χ2v) is 6.51. The maximum absolute atomic E-state index is 12.2. The Hall–Kier alpha value is -3.94. The van der Waals surface area contributed by atoms with Crippen molar-refractivity contribution < 1.29 is 23.9 Å². The molecule has 0 aliphatic carbocycles. The lowest BCUT2D eigenvalue weighted by Crippen LogP contribution is -2.44. The van der Waals surface area contributed by atoms with Crippen LogP contribution in [0.5, 0.6) is 0 Å². The summed E-state index contributed by atoms with van der Waals surface area (Å²) in [7, 11) is 1.22. The van der Waals surface area contributed by atoms with E-state index < -0.39 is 36.1 Å². The van der Waals surface area contributed by atoms with Crippen molar-refractivity contribution in [3.63, 3.8) is 0 Å². The van der Waals surface area contributed by atoms with Gasteiger partial charge in [0.1, 0.15) is 11.7 Å². The van der Waals surface area contributed by atoms with E-state index >= 15 is 0 Å². The molecule has 0 bridgehead atoms. The number of aromatic nitrogens is 1. The number of benzene rings is 2. The van der Waals surface area contributed by atoms with Gasteiger partial charge in [0.2, 0.25) is 0 Å². The number of nitrogens with one attached hydrogen (secondary N) is 2. The normalized spacial score (nSPS) is 11.5. The molecule has 0 fully saturated rings. The SMILES string of the molecule is COC(=O)C(Cc1ccccc1)NC(=O)COC(=O)c1cc2ccccc2c(=O)[nH]1. The Balaban J connectivity index is 1.63. The van der Waals surface area contributed by atoms with E-state index in [1.165, 1.54) is 13.2 Å². The molecule has 2 aromatic carbocycles. The predicted molar refractivity (Wildman–Crippen MR) is 109 cm³/mol. The van der Waals surface area contributed by atoms with Gasteiger partial charge in [-0.25, -0.2) is 9.59 Å². The van der Waals surface area contributed by atoms with Crippen LogP contribution in [0.1, 0.15) is 16.1 Å². The van der Waals surface area contributed by atoms with Crippen LogP contribution in [0.25, 0.3) is 10.8 Å². The van der Waals surface area contributed by atoms with Crippen molar-refractivity contribution in [2.45, 2.75) is 12.5 Å². The third-order valence-corrected chi connectivity index (χ3v) is 4.41. The quantitative estimate of drug-likeness (QED) is 0.574. The first-order chi connectivity index (χ1) is 14.5. The summed E-state index contributed by atoms with van der Waals surface area (Å²) in [5.41, 5.74) is 0.331. The van der Waals surface area contributed by atoms with Gasteiger partial charge in [0.05, 0.1) is 7.11 Å². The van der Waals surface area contributed by atoms with Gasteiger partial charge in [-0.3, -0.25) is 9.59 Å². The number of rotatable bonds is 7. The van der Waals surface area contributed by atoms with E-state index in [0.29, 0.717) is 10.8 Å². The Morgan fingerprint density at radius 1 is 1.03 bits per heavy atom. The van der Waals surface area contributed by atoms with Crippen LogP contribution in [0.4, 0.5) is 0 Å². The molecule has 0 spiro atoms. The van der Waals surface area contributed by atoms with Gasteiger partial charge in [0.25, 0.3) is 11.5 Å². The number of carbonyl (C=O) groups excluding carboxylic acids is 3. The highest BCUT2D eigenvalue weighted by Crippen LogP contribution is 2.10. The molecule has 154 valence electrons. The average Bonchev–Trinajstić information content (AvgIpc) is 2.77. The predicted octanol–water partition coefficient (Wildman–Crippen LogP) is 1.59. The van der Waals surface area contributed by atoms with Crippen molar-refractivity contribution in [1.29, 1.82) is 0 Å². The smallest absolute Gasteiger partial charge is 0.355 e. The zero-order chi connectivity index (χ0) is 21.5. The number of amides is 1. The molecule has 0 aliphatic rings. The first-order valence-electron chi connectivity index (χ1n) is 9.18. The summed E-state index contributed by atoms with van der Waals surface area (Å²) >= 11 is 0. The highest BCUT2D eigenvalue weighted by molar-refractivity contribution is 5.94. The van der Waals surface area contributed by atoms with Crippen LogP contribution in [0.2, 0.25) is 0 Å². The minimum absolute atomic E-state index is 0.0692. The van der Waals surface area contributed by atoms with Crippen molar-refractivity contribution in [2.75, 3.05) is 13.7 Å². The number of carbonyl (C=O) groups is 3. The summed E-state index contributed by atoms with van der Waals surface area (Å²) in [6.45, 7) is -0.615. The maximum atomic E-state index is 12.2. The van der Waals surface area contributed by atoms with Gasteiger partial charge in [0.15, 0.2) is 6.61 Å². The summed E-state index contributed by atoms with van der Waals surface area (Å²) in [4.78, 5) is 51.0. The van der Waals surface area contributed by atoms with Gasteiger partial charge in [-0.15, -0.1) is 0 Å². The minimum atomic E-state index is -0.927. The van der Waals surface area contributed by atoms with E-state index in [1.54, 1.807) is 24.3 Å². The lowest BCUT2D eigenvalue weighted by atomic mass is 10.1. The summed E-state index contributed by atoms with van der Waals surface area (Å²) in [5.74, 6) is -2.14. The third kappa shape index (κ3) is 5.11. The topological polar surface area (TPSA) is 115 Å². The number of methoxy groups -OCH3 is 1. The van der Waals surface area contributed by atoms with E-state index in [1.807, 2.05) is 30.3 Å². The molecule has 8 heteroatoms. The molecule has 30 heavy (non-hydrogen) atoms. The van der Waals surface area contributed by atoms with Gasteiger partial charge >= 0.3 is 11.9 Å². The van der Waals surface area contributed by atoms with Crippen LogP contribution in [0.15, 0.2) is 65.5 Å². The van der Waals surface area contributed by atoms with Crippen LogP contribution >= 0.6 is 0 Å². The Kier molecular flexibility index (Phi) is 6.59. The average molecular weight is 408 g/mol. The highest BCUT2D eigenvalue weighted by Gasteiger charge is 2.23. The summed E-state index contributed by atoms with van der Waals surface area (Å²) in [6.07, 6.45) is 0.227. The molecule has 0 saturated heterocycles. The van der Waals surface area contributed by atoms with Gasteiger partial charge < -0.3 is 19.8 Å². The van der Waals surface area contributed by atoms with Gasteiger partial charge in [-0.1, -0.05) is 48.5 Å². The molecule has 0 aliphatic heterocycles. The monoisotopic (exact) mass is 408 g/mol. The molecule has 1 heterocycles. The zero-order valence-electron chi connectivity index (χ0n) is 16.2. The number of H-pyrrole nitrogens is 1. The fourth-order valence-electron chi connectivity index (χ4n) is 2.95. The van der Waals surface area contributed by atoms with E-state index in [2.05, 4.69) is 10.3 Å². The Bertz CT molecular complexity index is 1120. The van der Waals surface area contributed by atoms with Crippen LogP contribution < -0.4 is 10.9 Å². The Morgan fingerprint density at radius 2 is 1.73 bits per heavy atom. The van der Waals surface area contributed by atoms with Crippen LogP contribution in [-0.4, -0.2) is 42.6 Å². The lowest BCUT2D eigenvalue weighted by molar-refractivity contribution is -0.145. The molecule has 1 unspecified atom stereocenters. The highest BCUT2D eigenvalue weighted by atomic mass is 16.5. The second kappa shape index (κ2) is 9.51. The van der Waals surface area contributed by atoms with Crippen molar-refractivity contribution in [1.82, 2.24) is 10.3 Å². The molecule has 3 aromatic rings. The first-order valence-corrected chi connectivity index (χ1v) is 9.18. The van der Waals surface area contributed by atoms with E-state index in [0.717, 1.165) is 5.56 Å². The van der Waals surface area contributed by atoms with Crippen molar-refractivity contribution in [3.05, 3.63) is 82.3 Å². The molecule has 1 atom stereocenters. The molecule has 0 radical (unpaired) electrons. The van der Waals surface area contributed by atoms with E-state index in [9.17, 15) is 19.2 Å². The first kappa shape index (κ1) is 20.8. The lowest BCUT2D eigenvalue weighted by Gasteiger charge is -2.16. The standard InChI is InChI=1S/C22H20N2O6/c1-29-21(27)17(11-14-7-3-2-4-8-14)23-19(25)13-30-22(28)18-12-15-9-5-6-10-16(15)20(26)24-18/h2-10,12,17H,11,13H2,1H3,(H,23,25)(H,24,26). The van der Waals surface area contributed by atoms with Crippen LogP contribution in [0, 0.1) is 0 Å². The number of fused-ring (bicyclic) bond motifs is 1. The minimum Gasteiger partial charge on any atom is -0.467 e. The van der Waals surface area contributed by atoms with Gasteiger partial charge in [-0.2, -0.15) is 0 Å².